The van der Waals surface area contributed by atoms with Crippen molar-refractivity contribution < 1.29 is 4.39 Å². The number of aryl methyl sites for hydroxylation is 1. The van der Waals surface area contributed by atoms with Crippen molar-refractivity contribution in [1.29, 1.82) is 0 Å². The molecule has 0 spiro atoms. The molecule has 0 saturated heterocycles. The molecule has 0 amide bonds. The van der Waals surface area contributed by atoms with Gasteiger partial charge in [-0.1, -0.05) is 23.5 Å². The Morgan fingerprint density at radius 1 is 1.22 bits per heavy atom. The summed E-state index contributed by atoms with van der Waals surface area (Å²) < 4.78 is 13.3. The average Bonchev–Trinajstić information content (AvgIpc) is 3.27. The largest absolute Gasteiger partial charge is 0.359 e. The Bertz CT molecular complexity index is 1070. The minimum atomic E-state index is -0.244. The van der Waals surface area contributed by atoms with Crippen LogP contribution in [-0.4, -0.2) is 33.0 Å². The maximum absolute atomic E-state index is 13.3. The zero-order valence-corrected chi connectivity index (χ0v) is 15.6. The molecule has 0 saturated carbocycles. The summed E-state index contributed by atoms with van der Waals surface area (Å²) in [5, 5.41) is 21.5. The van der Waals surface area contributed by atoms with Gasteiger partial charge in [-0.3, -0.25) is 5.10 Å². The number of rotatable bonds is 6. The van der Waals surface area contributed by atoms with Gasteiger partial charge in [0.2, 0.25) is 5.13 Å². The van der Waals surface area contributed by atoms with Gasteiger partial charge in [-0.05, 0) is 49.2 Å². The normalized spacial score (nSPS) is 12.4. The van der Waals surface area contributed by atoms with E-state index in [1.54, 1.807) is 6.07 Å². The molecule has 8 heteroatoms. The molecule has 2 aromatic carbocycles. The van der Waals surface area contributed by atoms with E-state index in [1.807, 2.05) is 25.1 Å². The molecule has 1 atom stereocenters. The molecule has 0 aliphatic rings. The van der Waals surface area contributed by atoms with Crippen molar-refractivity contribution in [2.45, 2.75) is 19.4 Å². The summed E-state index contributed by atoms with van der Waals surface area (Å²) in [5.41, 5.74) is 9.99. The van der Waals surface area contributed by atoms with Crippen molar-refractivity contribution in [3.63, 3.8) is 0 Å². The fraction of sp³-hybridized carbons (Fsp3) is 0.211. The number of nitrogens with one attached hydrogen (secondary N) is 2. The molecule has 6 nitrogen and oxygen atoms in total. The number of fused-ring (bicyclic) bond motifs is 1. The van der Waals surface area contributed by atoms with Gasteiger partial charge in [0, 0.05) is 29.2 Å². The number of nitrogens with zero attached hydrogens (tertiary/aromatic N) is 3. The van der Waals surface area contributed by atoms with Crippen LogP contribution in [0.3, 0.4) is 0 Å². The summed E-state index contributed by atoms with van der Waals surface area (Å²) in [6.07, 6.45) is 0.590. The topological polar surface area (TPSA) is 92.5 Å². The molecule has 0 fully saturated rings. The molecule has 4 N–H and O–H groups in total. The van der Waals surface area contributed by atoms with E-state index < -0.39 is 0 Å². The Labute approximate surface area is 159 Å². The molecular weight excluding hydrogens is 363 g/mol. The van der Waals surface area contributed by atoms with Crippen molar-refractivity contribution in [2.75, 3.05) is 11.9 Å². The molecule has 1 unspecified atom stereocenters. The number of H-pyrrole nitrogens is 1. The number of halogens is 1. The number of aromatic nitrogens is 4. The van der Waals surface area contributed by atoms with Crippen LogP contribution in [0.25, 0.3) is 21.5 Å². The second kappa shape index (κ2) is 7.42. The van der Waals surface area contributed by atoms with Crippen LogP contribution < -0.4 is 11.1 Å². The molecule has 4 aromatic rings. The van der Waals surface area contributed by atoms with E-state index in [0.717, 1.165) is 32.7 Å². The SMILES string of the molecule is Cc1[nH]nc2ccc(-c3nnc(NCC(N)Cc4cccc(F)c4)s3)cc12. The van der Waals surface area contributed by atoms with Gasteiger partial charge in [0.05, 0.1) is 5.52 Å². The van der Waals surface area contributed by atoms with E-state index in [-0.39, 0.29) is 11.9 Å². The highest BCUT2D eigenvalue weighted by atomic mass is 32.1. The van der Waals surface area contributed by atoms with Gasteiger partial charge < -0.3 is 11.1 Å². The third-order valence-corrected chi connectivity index (χ3v) is 5.25. The summed E-state index contributed by atoms with van der Waals surface area (Å²) >= 11 is 1.47. The molecule has 138 valence electrons. The smallest absolute Gasteiger partial charge is 0.206 e. The highest BCUT2D eigenvalue weighted by Crippen LogP contribution is 2.29. The Hall–Kier alpha value is -2.84. The summed E-state index contributed by atoms with van der Waals surface area (Å²) in [6.45, 7) is 2.53. The minimum Gasteiger partial charge on any atom is -0.359 e. The van der Waals surface area contributed by atoms with E-state index in [1.165, 1.54) is 23.5 Å². The maximum Gasteiger partial charge on any atom is 0.206 e. The lowest BCUT2D eigenvalue weighted by atomic mass is 10.1. The van der Waals surface area contributed by atoms with Gasteiger partial charge in [0.25, 0.3) is 0 Å². The standard InChI is InChI=1S/C19H19FN6S/c1-11-16-9-13(5-6-17(16)24-23-11)18-25-26-19(27-18)22-10-15(21)8-12-3-2-4-14(20)7-12/h2-7,9,15H,8,10,21H2,1H3,(H,22,26)(H,23,24). The molecule has 0 aliphatic carbocycles. The Kier molecular flexibility index (Phi) is 4.83. The molecule has 27 heavy (non-hydrogen) atoms. The first-order valence-electron chi connectivity index (χ1n) is 8.61. The molecule has 0 aliphatic heterocycles. The van der Waals surface area contributed by atoms with Crippen LogP contribution in [-0.2, 0) is 6.42 Å². The number of benzene rings is 2. The summed E-state index contributed by atoms with van der Waals surface area (Å²) in [7, 11) is 0. The van der Waals surface area contributed by atoms with Crippen molar-refractivity contribution in [2.24, 2.45) is 5.73 Å². The van der Waals surface area contributed by atoms with E-state index in [4.69, 9.17) is 5.73 Å². The lowest BCUT2D eigenvalue weighted by Crippen LogP contribution is -2.31. The lowest BCUT2D eigenvalue weighted by Gasteiger charge is -2.11. The van der Waals surface area contributed by atoms with Crippen LogP contribution in [0.1, 0.15) is 11.3 Å². The van der Waals surface area contributed by atoms with Gasteiger partial charge >= 0.3 is 0 Å². The van der Waals surface area contributed by atoms with E-state index in [9.17, 15) is 4.39 Å². The van der Waals surface area contributed by atoms with Crippen LogP contribution in [0, 0.1) is 12.7 Å². The number of aromatic amines is 1. The molecule has 0 bridgehead atoms. The predicted octanol–water partition coefficient (Wildman–Crippen LogP) is 3.51. The highest BCUT2D eigenvalue weighted by Gasteiger charge is 2.11. The Balaban J connectivity index is 1.40. The first-order chi connectivity index (χ1) is 13.1. The van der Waals surface area contributed by atoms with E-state index >= 15 is 0 Å². The minimum absolute atomic E-state index is 0.149. The van der Waals surface area contributed by atoms with Gasteiger partial charge in [-0.15, -0.1) is 10.2 Å². The van der Waals surface area contributed by atoms with Crippen molar-refractivity contribution in [3.05, 3.63) is 59.5 Å². The molecule has 4 rings (SSSR count). The molecule has 0 radical (unpaired) electrons. The fourth-order valence-corrected chi connectivity index (χ4v) is 3.69. The van der Waals surface area contributed by atoms with Gasteiger partial charge in [-0.25, -0.2) is 4.39 Å². The van der Waals surface area contributed by atoms with Gasteiger partial charge in [-0.2, -0.15) is 5.10 Å². The second-order valence-corrected chi connectivity index (χ2v) is 7.45. The predicted molar refractivity (Wildman–Crippen MR) is 106 cm³/mol. The number of hydrogen-bond acceptors (Lipinski definition) is 6. The summed E-state index contributed by atoms with van der Waals surface area (Å²) in [5.74, 6) is -0.244. The lowest BCUT2D eigenvalue weighted by molar-refractivity contribution is 0.621. The zero-order chi connectivity index (χ0) is 18.8. The fourth-order valence-electron chi connectivity index (χ4n) is 2.94. The van der Waals surface area contributed by atoms with Crippen molar-refractivity contribution in [1.82, 2.24) is 20.4 Å². The van der Waals surface area contributed by atoms with Gasteiger partial charge in [0.15, 0.2) is 0 Å². The summed E-state index contributed by atoms with van der Waals surface area (Å²) in [4.78, 5) is 0. The monoisotopic (exact) mass is 382 g/mol. The molecule has 2 heterocycles. The van der Waals surface area contributed by atoms with Crippen molar-refractivity contribution >= 4 is 27.4 Å². The van der Waals surface area contributed by atoms with Gasteiger partial charge in [0.1, 0.15) is 10.8 Å². The highest BCUT2D eigenvalue weighted by molar-refractivity contribution is 7.18. The van der Waals surface area contributed by atoms with Crippen LogP contribution in [0.2, 0.25) is 0 Å². The van der Waals surface area contributed by atoms with E-state index in [0.29, 0.717) is 18.1 Å². The maximum atomic E-state index is 13.3. The molecular formula is C19H19FN6S. The number of anilines is 1. The average molecular weight is 382 g/mol. The van der Waals surface area contributed by atoms with E-state index in [2.05, 4.69) is 31.8 Å². The number of nitrogens with two attached hydrogens (primary N) is 1. The first-order valence-corrected chi connectivity index (χ1v) is 9.42. The Morgan fingerprint density at radius 2 is 2.11 bits per heavy atom. The number of hydrogen-bond donors (Lipinski definition) is 3. The van der Waals surface area contributed by atoms with Crippen LogP contribution in [0.4, 0.5) is 9.52 Å². The third kappa shape index (κ3) is 3.96. The molecule has 2 aromatic heterocycles. The third-order valence-electron chi connectivity index (χ3n) is 4.32. The van der Waals surface area contributed by atoms with Crippen LogP contribution >= 0.6 is 11.3 Å². The summed E-state index contributed by atoms with van der Waals surface area (Å²) in [6, 6.07) is 12.4. The zero-order valence-electron chi connectivity index (χ0n) is 14.7. The quantitative estimate of drug-likeness (QED) is 0.475. The van der Waals surface area contributed by atoms with Crippen LogP contribution in [0.15, 0.2) is 42.5 Å². The first kappa shape index (κ1) is 17.6. The second-order valence-electron chi connectivity index (χ2n) is 6.47. The Morgan fingerprint density at radius 3 is 2.96 bits per heavy atom. The van der Waals surface area contributed by atoms with Crippen LogP contribution in [0.5, 0.6) is 0 Å². The van der Waals surface area contributed by atoms with Crippen molar-refractivity contribution in [3.8, 4) is 10.6 Å².